The summed E-state index contributed by atoms with van der Waals surface area (Å²) in [4.78, 5) is 8.24. The fraction of sp³-hybridized carbons (Fsp3) is 0.188. The predicted octanol–water partition coefficient (Wildman–Crippen LogP) is 4.12. The lowest BCUT2D eigenvalue weighted by Gasteiger charge is -2.15. The van der Waals surface area contributed by atoms with Gasteiger partial charge < -0.3 is 5.41 Å². The van der Waals surface area contributed by atoms with Crippen molar-refractivity contribution in [2.24, 2.45) is 0 Å². The minimum atomic E-state index is 0.500. The maximum Gasteiger partial charge on any atom is 0.00867 e. The topological polar surface area (TPSA) is 39.4 Å². The molecule has 0 bridgehead atoms. The molecule has 2 rings (SSSR count). The third-order valence-corrected chi connectivity index (χ3v) is 2.81. The Kier molecular flexibility index (Phi) is 6.16. The minimum absolute atomic E-state index is 0.500. The molecule has 2 aromatic rings. The van der Waals surface area contributed by atoms with E-state index >= 15 is 0 Å². The molecule has 0 fully saturated rings. The molecule has 0 amide bonds. The van der Waals surface area contributed by atoms with Gasteiger partial charge in [-0.1, -0.05) is 67.6 Å². The van der Waals surface area contributed by atoms with Crippen LogP contribution in [-0.2, 0) is 4.79 Å². The van der Waals surface area contributed by atoms with Crippen molar-refractivity contribution in [2.75, 3.05) is 0 Å². The zero-order valence-corrected chi connectivity index (χ0v) is 10.4. The van der Waals surface area contributed by atoms with E-state index in [1.54, 1.807) is 0 Å². The van der Waals surface area contributed by atoms with Gasteiger partial charge in [-0.05, 0) is 23.6 Å². The minimum Gasteiger partial charge on any atom is -0.724 e. The van der Waals surface area contributed by atoms with Gasteiger partial charge in [-0.2, -0.15) is 0 Å². The van der Waals surface area contributed by atoms with Gasteiger partial charge in [0.15, 0.2) is 0 Å². The second kappa shape index (κ2) is 7.99. The molecule has 0 radical (unpaired) electrons. The second-order valence-electron chi connectivity index (χ2n) is 3.87. The zero-order valence-electron chi connectivity index (χ0n) is 10.4. The molecule has 0 aliphatic rings. The van der Waals surface area contributed by atoms with Crippen molar-refractivity contribution in [1.82, 2.24) is 0 Å². The van der Waals surface area contributed by atoms with Gasteiger partial charge in [0.05, 0.1) is 0 Å². The maximum absolute atomic E-state index is 8.24. The third-order valence-electron chi connectivity index (χ3n) is 2.81. The van der Waals surface area contributed by atoms with Gasteiger partial charge in [-0.25, -0.2) is 0 Å². The smallest absolute Gasteiger partial charge is 0.00867 e. The largest absolute Gasteiger partial charge is 0.724 e. The standard InChI is InChI=1S/C15H16.CNO/c1-2-15(13-9-5-3-6-10-13)14-11-7-4-8-12-14;2-1-3/h3-12,15H,2H2,1H3;/q;-1. The molecule has 92 valence electrons. The van der Waals surface area contributed by atoms with Crippen molar-refractivity contribution < 1.29 is 4.79 Å². The molecule has 0 heterocycles. The van der Waals surface area contributed by atoms with Crippen molar-refractivity contribution in [3.63, 3.8) is 0 Å². The summed E-state index contributed by atoms with van der Waals surface area (Å²) in [7, 11) is 0. The Morgan fingerprint density at radius 1 is 0.944 bits per heavy atom. The Morgan fingerprint density at radius 3 is 1.56 bits per heavy atom. The summed E-state index contributed by atoms with van der Waals surface area (Å²) in [6.07, 6.45) is 1.65. The van der Waals surface area contributed by atoms with Crippen molar-refractivity contribution in [2.45, 2.75) is 19.3 Å². The molecule has 0 saturated carbocycles. The highest BCUT2D eigenvalue weighted by molar-refractivity contribution is 5.36. The lowest BCUT2D eigenvalue weighted by molar-refractivity contribution is 0.569. The number of nitrogens with zero attached hydrogens (tertiary/aromatic N) is 1. The Hall–Kier alpha value is -2.18. The van der Waals surface area contributed by atoms with E-state index in [1.807, 2.05) is 0 Å². The fourth-order valence-corrected chi connectivity index (χ4v) is 2.03. The second-order valence-corrected chi connectivity index (χ2v) is 3.87. The van der Waals surface area contributed by atoms with Gasteiger partial charge in [0.2, 0.25) is 0 Å². The number of isocyanates is 1. The Labute approximate surface area is 108 Å². The van der Waals surface area contributed by atoms with E-state index in [9.17, 15) is 0 Å². The molecule has 2 heteroatoms. The third kappa shape index (κ3) is 4.00. The van der Waals surface area contributed by atoms with Gasteiger partial charge in [0.25, 0.3) is 0 Å². The summed E-state index contributed by atoms with van der Waals surface area (Å²) in [5, 5.41) is 6.76. The first-order chi connectivity index (χ1) is 8.83. The van der Waals surface area contributed by atoms with Crippen LogP contribution in [0.15, 0.2) is 60.7 Å². The number of hydrogen-bond acceptors (Lipinski definition) is 1. The highest BCUT2D eigenvalue weighted by Crippen LogP contribution is 2.26. The molecule has 0 N–H and O–H groups in total. The molecule has 0 aliphatic heterocycles. The monoisotopic (exact) mass is 238 g/mol. The normalized spacial score (nSPS) is 9.22. The molecular weight excluding hydrogens is 222 g/mol. The maximum atomic E-state index is 8.24. The van der Waals surface area contributed by atoms with E-state index in [4.69, 9.17) is 10.2 Å². The van der Waals surface area contributed by atoms with E-state index in [0.717, 1.165) is 6.42 Å². The van der Waals surface area contributed by atoms with Crippen LogP contribution in [0.3, 0.4) is 0 Å². The molecule has 0 atom stereocenters. The summed E-state index contributed by atoms with van der Waals surface area (Å²) >= 11 is 0. The molecule has 0 aromatic heterocycles. The van der Waals surface area contributed by atoms with Crippen molar-refractivity contribution in [3.8, 4) is 0 Å². The summed E-state index contributed by atoms with van der Waals surface area (Å²) < 4.78 is 0. The van der Waals surface area contributed by atoms with E-state index in [-0.39, 0.29) is 0 Å². The first-order valence-electron chi connectivity index (χ1n) is 5.94. The van der Waals surface area contributed by atoms with Crippen LogP contribution in [0.2, 0.25) is 0 Å². The van der Waals surface area contributed by atoms with Crippen LogP contribution in [0.1, 0.15) is 30.4 Å². The summed E-state index contributed by atoms with van der Waals surface area (Å²) in [5.74, 6) is 0.535. The Morgan fingerprint density at radius 2 is 1.28 bits per heavy atom. The van der Waals surface area contributed by atoms with Gasteiger partial charge in [-0.3, -0.25) is 4.79 Å². The summed E-state index contributed by atoms with van der Waals surface area (Å²) in [6.45, 7) is 2.24. The van der Waals surface area contributed by atoms with Crippen LogP contribution < -0.4 is 0 Å². The van der Waals surface area contributed by atoms with Gasteiger partial charge in [-0.15, -0.1) is 0 Å². The first kappa shape index (κ1) is 13.9. The molecule has 0 saturated heterocycles. The quantitative estimate of drug-likeness (QED) is 0.585. The molecule has 2 aromatic carbocycles. The van der Waals surface area contributed by atoms with Gasteiger partial charge in [0, 0.05) is 5.92 Å². The van der Waals surface area contributed by atoms with Crippen LogP contribution in [0.5, 0.6) is 0 Å². The van der Waals surface area contributed by atoms with Crippen LogP contribution in [0.25, 0.3) is 5.41 Å². The lowest BCUT2D eigenvalue weighted by Crippen LogP contribution is -1.98. The van der Waals surface area contributed by atoms with Crippen molar-refractivity contribution in [1.29, 1.82) is 0 Å². The SMILES string of the molecule is CCC(c1ccccc1)c1ccccc1.[N-]=C=O. The number of rotatable bonds is 3. The predicted molar refractivity (Wildman–Crippen MR) is 74.1 cm³/mol. The van der Waals surface area contributed by atoms with Crippen LogP contribution in [0, 0.1) is 0 Å². The summed E-state index contributed by atoms with van der Waals surface area (Å²) in [5.41, 5.74) is 2.82. The average molecular weight is 238 g/mol. The van der Waals surface area contributed by atoms with Crippen LogP contribution in [-0.4, -0.2) is 6.08 Å². The zero-order chi connectivity index (χ0) is 13.2. The van der Waals surface area contributed by atoms with E-state index in [1.165, 1.54) is 11.1 Å². The van der Waals surface area contributed by atoms with E-state index in [0.29, 0.717) is 12.0 Å². The number of hydrogen-bond donors (Lipinski definition) is 0. The van der Waals surface area contributed by atoms with E-state index < -0.39 is 0 Å². The van der Waals surface area contributed by atoms with Crippen molar-refractivity contribution >= 4 is 6.08 Å². The molecular formula is C16H16NO-. The molecule has 0 spiro atoms. The Bertz CT molecular complexity index is 433. The van der Waals surface area contributed by atoms with Gasteiger partial charge in [0.1, 0.15) is 0 Å². The summed E-state index contributed by atoms with van der Waals surface area (Å²) in [6, 6.07) is 21.4. The molecule has 0 unspecified atom stereocenters. The highest BCUT2D eigenvalue weighted by atomic mass is 16.1. The Balaban J connectivity index is 0.000000492. The lowest BCUT2D eigenvalue weighted by atomic mass is 9.89. The molecule has 0 aliphatic carbocycles. The molecule has 18 heavy (non-hydrogen) atoms. The van der Waals surface area contributed by atoms with Crippen LogP contribution >= 0.6 is 0 Å². The number of benzene rings is 2. The highest BCUT2D eigenvalue weighted by Gasteiger charge is 2.10. The molecule has 2 nitrogen and oxygen atoms in total. The van der Waals surface area contributed by atoms with Gasteiger partial charge >= 0.3 is 0 Å². The number of carbonyl (C=O) groups excluding carboxylic acids is 1. The average Bonchev–Trinajstić information content (AvgIpc) is 2.43. The first-order valence-corrected chi connectivity index (χ1v) is 5.94. The fourth-order valence-electron chi connectivity index (χ4n) is 2.03. The van der Waals surface area contributed by atoms with E-state index in [2.05, 4.69) is 67.6 Å². The van der Waals surface area contributed by atoms with Crippen molar-refractivity contribution in [3.05, 3.63) is 77.2 Å². The van der Waals surface area contributed by atoms with Crippen LogP contribution in [0.4, 0.5) is 0 Å².